The number of hydrogen-bond donors (Lipinski definition) is 0. The van der Waals surface area contributed by atoms with E-state index in [4.69, 9.17) is 21.7 Å². The predicted molar refractivity (Wildman–Crippen MR) is 102 cm³/mol. The first kappa shape index (κ1) is 17.4. The number of carbonyl (C=O) groups is 1. The van der Waals surface area contributed by atoms with E-state index in [0.717, 1.165) is 0 Å². The van der Waals surface area contributed by atoms with E-state index in [2.05, 4.69) is 0 Å². The molecular weight excluding hydrogens is 361 g/mol. The third-order valence-corrected chi connectivity index (χ3v) is 4.90. The first-order chi connectivity index (χ1) is 12.0. The van der Waals surface area contributed by atoms with Crippen LogP contribution in [0.5, 0.6) is 11.5 Å². The highest BCUT2D eigenvalue weighted by atomic mass is 32.2. The molecule has 0 aromatic heterocycles. The van der Waals surface area contributed by atoms with Gasteiger partial charge in [0.1, 0.15) is 5.82 Å². The van der Waals surface area contributed by atoms with Gasteiger partial charge < -0.3 is 9.47 Å². The average molecular weight is 375 g/mol. The fourth-order valence-corrected chi connectivity index (χ4v) is 3.74. The molecule has 4 nitrogen and oxygen atoms in total. The fourth-order valence-electron chi connectivity index (χ4n) is 2.45. The van der Waals surface area contributed by atoms with Crippen molar-refractivity contribution in [2.24, 2.45) is 0 Å². The largest absolute Gasteiger partial charge is 0.493 e. The maximum absolute atomic E-state index is 13.1. The summed E-state index contributed by atoms with van der Waals surface area (Å²) in [7, 11) is 3.09. The van der Waals surface area contributed by atoms with Gasteiger partial charge in [-0.3, -0.25) is 9.69 Å². The van der Waals surface area contributed by atoms with Gasteiger partial charge in [0.05, 0.1) is 24.8 Å². The maximum atomic E-state index is 13.1. The van der Waals surface area contributed by atoms with Gasteiger partial charge in [-0.2, -0.15) is 0 Å². The number of amides is 1. The topological polar surface area (TPSA) is 38.8 Å². The highest BCUT2D eigenvalue weighted by molar-refractivity contribution is 8.27. The van der Waals surface area contributed by atoms with E-state index in [-0.39, 0.29) is 11.7 Å². The summed E-state index contributed by atoms with van der Waals surface area (Å²) in [5, 5.41) is 0. The lowest BCUT2D eigenvalue weighted by Gasteiger charge is -2.14. The van der Waals surface area contributed by atoms with E-state index >= 15 is 0 Å². The Morgan fingerprint density at radius 3 is 2.48 bits per heavy atom. The van der Waals surface area contributed by atoms with Crippen LogP contribution in [0.2, 0.25) is 0 Å². The number of thioether (sulfide) groups is 1. The minimum Gasteiger partial charge on any atom is -0.493 e. The molecule has 128 valence electrons. The number of hydrogen-bond acceptors (Lipinski definition) is 5. The summed E-state index contributed by atoms with van der Waals surface area (Å²) in [5.74, 6) is 0.486. The van der Waals surface area contributed by atoms with Gasteiger partial charge in [-0.15, -0.1) is 0 Å². The molecule has 1 heterocycles. The van der Waals surface area contributed by atoms with Crippen LogP contribution in [0.25, 0.3) is 6.08 Å². The van der Waals surface area contributed by atoms with Gasteiger partial charge in [-0.1, -0.05) is 36.1 Å². The Bertz CT molecular complexity index is 865. The van der Waals surface area contributed by atoms with Crippen molar-refractivity contribution >= 4 is 46.0 Å². The number of para-hydroxylation sites is 1. The van der Waals surface area contributed by atoms with Crippen molar-refractivity contribution < 1.29 is 18.7 Å². The zero-order chi connectivity index (χ0) is 18.0. The predicted octanol–water partition coefficient (Wildman–Crippen LogP) is 4.25. The Morgan fingerprint density at radius 1 is 1.12 bits per heavy atom. The zero-order valence-electron chi connectivity index (χ0n) is 13.5. The zero-order valence-corrected chi connectivity index (χ0v) is 15.1. The summed E-state index contributed by atoms with van der Waals surface area (Å²) in [6.07, 6.45) is 1.71. The van der Waals surface area contributed by atoms with E-state index < -0.39 is 0 Å². The molecule has 2 aromatic carbocycles. The van der Waals surface area contributed by atoms with Crippen LogP contribution in [-0.2, 0) is 4.79 Å². The Morgan fingerprint density at radius 2 is 1.84 bits per heavy atom. The van der Waals surface area contributed by atoms with Gasteiger partial charge in [-0.25, -0.2) is 4.39 Å². The molecule has 0 atom stereocenters. The molecule has 7 heteroatoms. The van der Waals surface area contributed by atoms with Crippen molar-refractivity contribution in [3.63, 3.8) is 0 Å². The highest BCUT2D eigenvalue weighted by Crippen LogP contribution is 2.39. The lowest BCUT2D eigenvalue weighted by molar-refractivity contribution is -0.113. The summed E-state index contributed by atoms with van der Waals surface area (Å²) >= 11 is 6.50. The molecule has 1 saturated heterocycles. The molecular formula is C18H14FNO3S2. The summed E-state index contributed by atoms with van der Waals surface area (Å²) in [6, 6.07) is 11.1. The second-order valence-corrected chi connectivity index (χ2v) is 6.75. The monoisotopic (exact) mass is 375 g/mol. The van der Waals surface area contributed by atoms with Gasteiger partial charge in [0, 0.05) is 5.56 Å². The number of methoxy groups -OCH3 is 2. The Labute approximate surface area is 154 Å². The van der Waals surface area contributed by atoms with Crippen LogP contribution in [0.3, 0.4) is 0 Å². The molecule has 0 spiro atoms. The Hall–Kier alpha value is -2.38. The molecule has 1 fully saturated rings. The van der Waals surface area contributed by atoms with Crippen molar-refractivity contribution in [3.05, 3.63) is 58.8 Å². The number of benzene rings is 2. The van der Waals surface area contributed by atoms with Gasteiger partial charge in [0.2, 0.25) is 0 Å². The second-order valence-electron chi connectivity index (χ2n) is 5.08. The van der Waals surface area contributed by atoms with Gasteiger partial charge in [-0.05, 0) is 36.4 Å². The Balaban J connectivity index is 1.97. The van der Waals surface area contributed by atoms with Crippen molar-refractivity contribution in [1.82, 2.24) is 0 Å². The third-order valence-electron chi connectivity index (χ3n) is 3.60. The number of carbonyl (C=O) groups excluding carboxylic acids is 1. The number of nitrogens with zero attached hydrogens (tertiary/aromatic N) is 1. The van der Waals surface area contributed by atoms with Crippen LogP contribution >= 0.6 is 24.0 Å². The first-order valence-corrected chi connectivity index (χ1v) is 8.52. The van der Waals surface area contributed by atoms with Gasteiger partial charge in [0.15, 0.2) is 15.8 Å². The number of anilines is 1. The number of halogens is 1. The van der Waals surface area contributed by atoms with E-state index in [1.54, 1.807) is 26.4 Å². The normalized spacial score (nSPS) is 15.8. The minimum absolute atomic E-state index is 0.258. The van der Waals surface area contributed by atoms with Crippen LogP contribution in [0.4, 0.5) is 10.1 Å². The third kappa shape index (κ3) is 3.38. The number of thiocarbonyl (C=S) groups is 1. The summed E-state index contributed by atoms with van der Waals surface area (Å²) in [5.41, 5.74) is 1.24. The van der Waals surface area contributed by atoms with Gasteiger partial charge in [0.25, 0.3) is 5.91 Å². The van der Waals surface area contributed by atoms with E-state index in [1.165, 1.54) is 40.9 Å². The fraction of sp³-hybridized carbons (Fsp3) is 0.111. The smallest absolute Gasteiger partial charge is 0.270 e. The number of ether oxygens (including phenoxy) is 2. The van der Waals surface area contributed by atoms with Crippen LogP contribution in [0.15, 0.2) is 47.4 Å². The van der Waals surface area contributed by atoms with Crippen molar-refractivity contribution in [3.8, 4) is 11.5 Å². The maximum Gasteiger partial charge on any atom is 0.270 e. The minimum atomic E-state index is -0.370. The van der Waals surface area contributed by atoms with Crippen molar-refractivity contribution in [1.29, 1.82) is 0 Å². The molecule has 0 bridgehead atoms. The summed E-state index contributed by atoms with van der Waals surface area (Å²) < 4.78 is 24.2. The molecule has 0 radical (unpaired) electrons. The second kappa shape index (κ2) is 7.25. The Kier molecular flexibility index (Phi) is 5.06. The number of rotatable bonds is 4. The van der Waals surface area contributed by atoms with Crippen molar-refractivity contribution in [2.45, 2.75) is 0 Å². The molecule has 3 rings (SSSR count). The quantitative estimate of drug-likeness (QED) is 0.590. The lowest BCUT2D eigenvalue weighted by atomic mass is 10.1. The summed E-state index contributed by atoms with van der Waals surface area (Å²) in [4.78, 5) is 14.6. The van der Waals surface area contributed by atoms with Crippen molar-refractivity contribution in [2.75, 3.05) is 19.1 Å². The molecule has 0 aliphatic carbocycles. The first-order valence-electron chi connectivity index (χ1n) is 7.29. The molecule has 25 heavy (non-hydrogen) atoms. The highest BCUT2D eigenvalue weighted by Gasteiger charge is 2.33. The van der Waals surface area contributed by atoms with Crippen LogP contribution in [0.1, 0.15) is 5.56 Å². The van der Waals surface area contributed by atoms with E-state index in [0.29, 0.717) is 32.0 Å². The molecule has 2 aromatic rings. The van der Waals surface area contributed by atoms with Gasteiger partial charge >= 0.3 is 0 Å². The van der Waals surface area contributed by atoms with E-state index in [1.807, 2.05) is 12.1 Å². The molecule has 1 aliphatic heterocycles. The molecule has 0 N–H and O–H groups in total. The van der Waals surface area contributed by atoms with Crippen LogP contribution < -0.4 is 14.4 Å². The average Bonchev–Trinajstić information content (AvgIpc) is 2.89. The summed E-state index contributed by atoms with van der Waals surface area (Å²) in [6.45, 7) is 0. The SMILES string of the molecule is COc1cccc(/C=C2/SC(=S)N(c3ccc(F)cc3)C2=O)c1OC. The molecule has 1 amide bonds. The van der Waals surface area contributed by atoms with Crippen LogP contribution in [-0.4, -0.2) is 24.4 Å². The molecule has 0 saturated carbocycles. The van der Waals surface area contributed by atoms with E-state index in [9.17, 15) is 9.18 Å². The lowest BCUT2D eigenvalue weighted by Crippen LogP contribution is -2.27. The van der Waals surface area contributed by atoms with Crippen LogP contribution in [0, 0.1) is 5.82 Å². The molecule has 0 unspecified atom stereocenters. The molecule has 1 aliphatic rings. The standard InChI is InChI=1S/C18H14FNO3S2/c1-22-14-5-3-4-11(16(14)23-2)10-15-17(21)20(18(24)25-15)13-8-6-12(19)7-9-13/h3-10H,1-2H3/b15-10+.